The lowest BCUT2D eigenvalue weighted by Gasteiger charge is -2.39. The molecule has 1 saturated carbocycles. The first-order valence-electron chi connectivity index (χ1n) is 10.6. The van der Waals surface area contributed by atoms with Gasteiger partial charge in [0.05, 0.1) is 0 Å². The number of carbonyl (C=O) groups is 2. The van der Waals surface area contributed by atoms with Gasteiger partial charge < -0.3 is 15.1 Å². The number of fused-ring (bicyclic) bond motifs is 1. The van der Waals surface area contributed by atoms with E-state index in [1.54, 1.807) is 23.6 Å². The third-order valence-corrected chi connectivity index (χ3v) is 8.64. The third-order valence-electron chi connectivity index (χ3n) is 7.41. The van der Waals surface area contributed by atoms with Crippen LogP contribution in [0.25, 0.3) is 0 Å². The molecule has 6 heteroatoms. The maximum atomic E-state index is 13.0. The van der Waals surface area contributed by atoms with E-state index < -0.39 is 17.2 Å². The molecule has 2 N–H and O–H groups in total. The Balaban J connectivity index is 1.46. The van der Waals surface area contributed by atoms with Crippen molar-refractivity contribution in [1.29, 1.82) is 0 Å². The van der Waals surface area contributed by atoms with E-state index in [-0.39, 0.29) is 17.6 Å². The van der Waals surface area contributed by atoms with Crippen molar-refractivity contribution in [3.05, 3.63) is 33.9 Å². The van der Waals surface area contributed by atoms with Crippen LogP contribution in [-0.4, -0.2) is 56.7 Å². The van der Waals surface area contributed by atoms with Crippen molar-refractivity contribution in [2.75, 3.05) is 18.1 Å². The second kappa shape index (κ2) is 7.10. The Hall–Kier alpha value is -1.37. The minimum absolute atomic E-state index is 0.0228. The number of Topliss-reactive ketones (excluding diaryl/α,β-unsaturated/α-hetero) is 1. The summed E-state index contributed by atoms with van der Waals surface area (Å²) in [5.41, 5.74) is 3.38. The van der Waals surface area contributed by atoms with Gasteiger partial charge in [0, 0.05) is 35.0 Å². The monoisotopic (exact) mass is 417 g/mol. The van der Waals surface area contributed by atoms with Gasteiger partial charge >= 0.3 is 0 Å². The Kier molecular flexibility index (Phi) is 5.11. The average Bonchev–Trinajstić information content (AvgIpc) is 3.29. The molecule has 3 aliphatic carbocycles. The Morgan fingerprint density at radius 1 is 1.38 bits per heavy atom. The van der Waals surface area contributed by atoms with E-state index in [2.05, 4.69) is 6.92 Å². The summed E-state index contributed by atoms with van der Waals surface area (Å²) in [5, 5.41) is 20.9. The van der Waals surface area contributed by atoms with Crippen molar-refractivity contribution in [3.8, 4) is 0 Å². The van der Waals surface area contributed by atoms with Crippen LogP contribution < -0.4 is 0 Å². The van der Waals surface area contributed by atoms with Crippen molar-refractivity contribution in [2.45, 2.75) is 65.2 Å². The van der Waals surface area contributed by atoms with Gasteiger partial charge in [0.2, 0.25) is 5.91 Å². The Morgan fingerprint density at radius 2 is 2.07 bits per heavy atom. The van der Waals surface area contributed by atoms with E-state index >= 15 is 0 Å². The van der Waals surface area contributed by atoms with Crippen molar-refractivity contribution in [1.82, 2.24) is 4.90 Å². The van der Waals surface area contributed by atoms with Crippen LogP contribution in [0.3, 0.4) is 0 Å². The predicted octanol–water partition coefficient (Wildman–Crippen LogP) is 2.98. The molecule has 0 aromatic carbocycles. The van der Waals surface area contributed by atoms with E-state index in [1.165, 1.54) is 5.57 Å². The number of nitrogens with zero attached hydrogens (tertiary/aromatic N) is 1. The van der Waals surface area contributed by atoms with Crippen LogP contribution >= 0.6 is 11.8 Å². The third kappa shape index (κ3) is 3.06. The van der Waals surface area contributed by atoms with Crippen LogP contribution in [0.5, 0.6) is 0 Å². The zero-order valence-electron chi connectivity index (χ0n) is 17.7. The van der Waals surface area contributed by atoms with Gasteiger partial charge in [0.25, 0.3) is 0 Å². The summed E-state index contributed by atoms with van der Waals surface area (Å²) in [4.78, 5) is 27.2. The van der Waals surface area contributed by atoms with Crippen LogP contribution in [0, 0.1) is 11.3 Å². The fraction of sp³-hybridized carbons (Fsp3) is 0.652. The molecule has 1 unspecified atom stereocenters. The summed E-state index contributed by atoms with van der Waals surface area (Å²) >= 11 is 1.70. The molecule has 1 saturated heterocycles. The number of aliphatic hydroxyl groups excluding tert-OH is 1. The minimum Gasteiger partial charge on any atom is -0.381 e. The lowest BCUT2D eigenvalue weighted by molar-refractivity contribution is -0.141. The van der Waals surface area contributed by atoms with Gasteiger partial charge in [-0.05, 0) is 69.2 Å². The molecule has 1 spiro atoms. The standard InChI is InChI=1S/C23H31NO4S/c1-13-10-16-19(15(3)23(7-8-23)22(4,28)20(16)26)17(13)12-29-11-14(2)21(27)24-9-5-6-18(24)25/h10,14,18,25,28H,5-9,11-12H2,1-4H3/t14-,18?,22+/m1/s1. The number of likely N-dealkylation sites (tertiary alicyclic amines) is 1. The second-order valence-corrected chi connectivity index (χ2v) is 10.3. The van der Waals surface area contributed by atoms with Crippen LogP contribution in [0.15, 0.2) is 33.9 Å². The molecule has 4 aliphatic rings. The quantitative estimate of drug-likeness (QED) is 0.719. The molecule has 29 heavy (non-hydrogen) atoms. The maximum absolute atomic E-state index is 13.0. The zero-order valence-corrected chi connectivity index (χ0v) is 18.6. The molecule has 5 nitrogen and oxygen atoms in total. The lowest BCUT2D eigenvalue weighted by Crippen LogP contribution is -2.49. The number of hydrogen-bond donors (Lipinski definition) is 2. The fourth-order valence-electron chi connectivity index (χ4n) is 5.30. The van der Waals surface area contributed by atoms with Crippen LogP contribution in [0.2, 0.25) is 0 Å². The summed E-state index contributed by atoms with van der Waals surface area (Å²) in [6, 6.07) is 0. The average molecular weight is 418 g/mol. The van der Waals surface area contributed by atoms with E-state index in [0.29, 0.717) is 24.3 Å². The number of carbonyl (C=O) groups excluding carboxylic acids is 2. The number of ketones is 1. The second-order valence-electron chi connectivity index (χ2n) is 9.27. The summed E-state index contributed by atoms with van der Waals surface area (Å²) in [5.74, 6) is 1.14. The number of aliphatic hydroxyl groups is 2. The van der Waals surface area contributed by atoms with Gasteiger partial charge in [-0.25, -0.2) is 0 Å². The van der Waals surface area contributed by atoms with Crippen molar-refractivity contribution >= 4 is 23.5 Å². The lowest BCUT2D eigenvalue weighted by atomic mass is 9.67. The number of amides is 1. The van der Waals surface area contributed by atoms with Gasteiger partial charge in [-0.1, -0.05) is 12.5 Å². The SMILES string of the molecule is CC1=C(CSC[C@@H](C)C(=O)N2CCCC2O)C2=C(C)C3(CC3)[C@@](C)(O)C(=O)C2=C1. The highest BCUT2D eigenvalue weighted by Gasteiger charge is 2.65. The first-order valence-corrected chi connectivity index (χ1v) is 11.7. The van der Waals surface area contributed by atoms with Gasteiger partial charge in [-0.15, -0.1) is 0 Å². The molecule has 3 atom stereocenters. The summed E-state index contributed by atoms with van der Waals surface area (Å²) < 4.78 is 0. The minimum atomic E-state index is -1.31. The fourth-order valence-corrected chi connectivity index (χ4v) is 6.49. The summed E-state index contributed by atoms with van der Waals surface area (Å²) in [6.07, 6.45) is 4.54. The number of thioether (sulfide) groups is 1. The van der Waals surface area contributed by atoms with E-state index in [0.717, 1.165) is 41.7 Å². The molecule has 1 aliphatic heterocycles. The molecule has 4 rings (SSSR count). The van der Waals surface area contributed by atoms with E-state index in [9.17, 15) is 19.8 Å². The molecular weight excluding hydrogens is 386 g/mol. The van der Waals surface area contributed by atoms with Crippen LogP contribution in [0.4, 0.5) is 0 Å². The molecule has 0 aromatic heterocycles. The predicted molar refractivity (Wildman–Crippen MR) is 114 cm³/mol. The van der Waals surface area contributed by atoms with Crippen LogP contribution in [-0.2, 0) is 9.59 Å². The summed E-state index contributed by atoms with van der Waals surface area (Å²) in [7, 11) is 0. The first-order chi connectivity index (χ1) is 13.6. The summed E-state index contributed by atoms with van der Waals surface area (Å²) in [6.45, 7) is 8.33. The Bertz CT molecular complexity index is 862. The molecule has 0 radical (unpaired) electrons. The van der Waals surface area contributed by atoms with Gasteiger partial charge in [0.1, 0.15) is 11.8 Å². The first kappa shape index (κ1) is 20.9. The molecule has 0 aromatic rings. The molecular formula is C23H31NO4S. The van der Waals surface area contributed by atoms with Crippen molar-refractivity contribution in [2.24, 2.45) is 11.3 Å². The van der Waals surface area contributed by atoms with Gasteiger partial charge in [0.15, 0.2) is 5.78 Å². The van der Waals surface area contributed by atoms with Crippen LogP contribution in [0.1, 0.15) is 53.4 Å². The van der Waals surface area contributed by atoms with E-state index in [4.69, 9.17) is 0 Å². The number of allylic oxidation sites excluding steroid dienone is 3. The molecule has 2 fully saturated rings. The normalized spacial score (nSPS) is 31.5. The van der Waals surface area contributed by atoms with Gasteiger partial charge in [-0.2, -0.15) is 11.8 Å². The highest BCUT2D eigenvalue weighted by Crippen LogP contribution is 2.65. The topological polar surface area (TPSA) is 77.8 Å². The van der Waals surface area contributed by atoms with Crippen molar-refractivity contribution < 1.29 is 19.8 Å². The maximum Gasteiger partial charge on any atom is 0.228 e. The molecule has 1 heterocycles. The Labute approximate surface area is 176 Å². The highest BCUT2D eigenvalue weighted by molar-refractivity contribution is 7.99. The highest BCUT2D eigenvalue weighted by atomic mass is 32.2. The molecule has 0 bridgehead atoms. The van der Waals surface area contributed by atoms with Gasteiger partial charge in [-0.3, -0.25) is 9.59 Å². The van der Waals surface area contributed by atoms with Crippen molar-refractivity contribution in [3.63, 3.8) is 0 Å². The zero-order chi connectivity index (χ0) is 21.1. The smallest absolute Gasteiger partial charge is 0.228 e. The molecule has 1 amide bonds. The Morgan fingerprint density at radius 3 is 2.66 bits per heavy atom. The number of rotatable bonds is 5. The molecule has 158 valence electrons. The van der Waals surface area contributed by atoms with E-state index in [1.807, 2.05) is 19.9 Å². The largest absolute Gasteiger partial charge is 0.381 e. The number of hydrogen-bond acceptors (Lipinski definition) is 5.